The quantitative estimate of drug-likeness (QED) is 0.421. The van der Waals surface area contributed by atoms with Crippen molar-refractivity contribution in [2.45, 2.75) is 0 Å². The number of non-ortho nitro benzene ring substituents is 1. The summed E-state index contributed by atoms with van der Waals surface area (Å²) in [4.78, 5) is 10.7. The minimum absolute atomic E-state index is 0.136. The molecule has 3 rings (SSSR count). The minimum atomic E-state index is -0.791. The van der Waals surface area contributed by atoms with Crippen LogP contribution >= 0.6 is 7.92 Å². The van der Waals surface area contributed by atoms with E-state index in [0.717, 1.165) is 5.30 Å². The van der Waals surface area contributed by atoms with Crippen molar-refractivity contribution in [2.24, 2.45) is 0 Å². The van der Waals surface area contributed by atoms with Crippen molar-refractivity contribution in [3.05, 3.63) is 95.0 Å². The molecule has 0 bridgehead atoms. The molecule has 0 N–H and O–H groups in total. The molecule has 0 saturated carbocycles. The lowest BCUT2D eigenvalue weighted by Crippen LogP contribution is -2.20. The zero-order valence-corrected chi connectivity index (χ0v) is 12.7. The fourth-order valence-corrected chi connectivity index (χ4v) is 4.68. The molecule has 0 aliphatic rings. The maximum absolute atomic E-state index is 11.1. The first-order valence-corrected chi connectivity index (χ1v) is 8.24. The monoisotopic (exact) mass is 307 g/mol. The number of hydrogen-bond acceptors (Lipinski definition) is 2. The lowest BCUT2D eigenvalue weighted by atomic mass is 10.3. The molecule has 0 aliphatic carbocycles. The predicted molar refractivity (Wildman–Crippen MR) is 91.8 cm³/mol. The van der Waals surface area contributed by atoms with Gasteiger partial charge in [-0.1, -0.05) is 72.8 Å². The van der Waals surface area contributed by atoms with Gasteiger partial charge in [-0.3, -0.25) is 10.1 Å². The lowest BCUT2D eigenvalue weighted by Gasteiger charge is -2.18. The van der Waals surface area contributed by atoms with E-state index in [1.54, 1.807) is 12.1 Å². The fraction of sp³-hybridized carbons (Fsp3) is 0. The van der Waals surface area contributed by atoms with Crippen LogP contribution in [0.25, 0.3) is 0 Å². The number of hydrogen-bond donors (Lipinski definition) is 0. The zero-order chi connectivity index (χ0) is 15.4. The van der Waals surface area contributed by atoms with Crippen LogP contribution in [0.1, 0.15) is 0 Å². The van der Waals surface area contributed by atoms with Crippen molar-refractivity contribution in [3.8, 4) is 0 Å². The van der Waals surface area contributed by atoms with E-state index in [1.807, 2.05) is 42.5 Å². The van der Waals surface area contributed by atoms with Gasteiger partial charge >= 0.3 is 0 Å². The van der Waals surface area contributed by atoms with Crippen LogP contribution in [-0.4, -0.2) is 4.92 Å². The molecule has 0 spiro atoms. The minimum Gasteiger partial charge on any atom is -0.258 e. The molecular weight excluding hydrogens is 293 g/mol. The average molecular weight is 307 g/mol. The van der Waals surface area contributed by atoms with Gasteiger partial charge in [0.1, 0.15) is 0 Å². The topological polar surface area (TPSA) is 43.1 Å². The summed E-state index contributed by atoms with van der Waals surface area (Å²) in [6.45, 7) is 0. The molecule has 0 atom stereocenters. The number of benzene rings is 3. The highest BCUT2D eigenvalue weighted by Crippen LogP contribution is 2.33. The molecule has 3 aromatic carbocycles. The third-order valence-corrected chi connectivity index (χ3v) is 5.75. The van der Waals surface area contributed by atoms with E-state index in [1.165, 1.54) is 16.7 Å². The number of nitrogens with zero attached hydrogens (tertiary/aromatic N) is 1. The highest BCUT2D eigenvalue weighted by Gasteiger charge is 2.18. The van der Waals surface area contributed by atoms with E-state index in [-0.39, 0.29) is 10.6 Å². The van der Waals surface area contributed by atoms with Gasteiger partial charge in [0, 0.05) is 12.1 Å². The van der Waals surface area contributed by atoms with Crippen LogP contribution in [0.15, 0.2) is 84.9 Å². The second kappa shape index (κ2) is 6.50. The van der Waals surface area contributed by atoms with Crippen LogP contribution < -0.4 is 15.9 Å². The summed E-state index contributed by atoms with van der Waals surface area (Å²) in [6, 6.07) is 27.3. The van der Waals surface area contributed by atoms with Gasteiger partial charge in [-0.2, -0.15) is 0 Å². The van der Waals surface area contributed by atoms with E-state index >= 15 is 0 Å². The number of rotatable bonds is 4. The molecule has 0 saturated heterocycles. The molecule has 22 heavy (non-hydrogen) atoms. The Kier molecular flexibility index (Phi) is 4.27. The normalized spacial score (nSPS) is 10.6. The van der Waals surface area contributed by atoms with Crippen LogP contribution in [0, 0.1) is 10.1 Å². The molecule has 3 nitrogen and oxygen atoms in total. The highest BCUT2D eigenvalue weighted by molar-refractivity contribution is 7.79. The third-order valence-electron chi connectivity index (χ3n) is 3.33. The molecule has 0 radical (unpaired) electrons. The van der Waals surface area contributed by atoms with Crippen LogP contribution in [0.3, 0.4) is 0 Å². The Morgan fingerprint density at radius 1 is 0.682 bits per heavy atom. The summed E-state index contributed by atoms with van der Waals surface area (Å²) < 4.78 is 0. The smallest absolute Gasteiger partial charge is 0.258 e. The van der Waals surface area contributed by atoms with Gasteiger partial charge in [0.15, 0.2) is 0 Å². The van der Waals surface area contributed by atoms with Gasteiger partial charge in [0.2, 0.25) is 0 Å². The first kappa shape index (κ1) is 14.4. The predicted octanol–water partition coefficient (Wildman–Crippen LogP) is 3.35. The second-order valence-corrected chi connectivity index (χ2v) is 7.00. The SMILES string of the molecule is O=[N+]([O-])c1cccc(P(c2ccccc2)c2ccccc2)c1. The molecule has 108 valence electrons. The first-order valence-electron chi connectivity index (χ1n) is 6.90. The molecule has 0 amide bonds. The summed E-state index contributed by atoms with van der Waals surface area (Å²) in [5, 5.41) is 14.4. The average Bonchev–Trinajstić information content (AvgIpc) is 2.57. The highest BCUT2D eigenvalue weighted by atomic mass is 31.1. The summed E-state index contributed by atoms with van der Waals surface area (Å²) in [5.74, 6) is 0. The van der Waals surface area contributed by atoms with Crippen LogP contribution in [0.2, 0.25) is 0 Å². The Labute approximate surface area is 130 Å². The summed E-state index contributed by atoms with van der Waals surface area (Å²) in [6.07, 6.45) is 0. The van der Waals surface area contributed by atoms with Gasteiger partial charge in [-0.05, 0) is 23.8 Å². The maximum atomic E-state index is 11.1. The molecule has 0 aliphatic heterocycles. The van der Waals surface area contributed by atoms with E-state index in [4.69, 9.17) is 0 Å². The van der Waals surface area contributed by atoms with E-state index < -0.39 is 7.92 Å². The Bertz CT molecular complexity index is 736. The van der Waals surface area contributed by atoms with Crippen molar-refractivity contribution in [2.75, 3.05) is 0 Å². The molecule has 3 aromatic rings. The van der Waals surface area contributed by atoms with E-state index in [0.29, 0.717) is 0 Å². The molecule has 0 fully saturated rings. The van der Waals surface area contributed by atoms with Crippen molar-refractivity contribution in [1.82, 2.24) is 0 Å². The lowest BCUT2D eigenvalue weighted by molar-refractivity contribution is -0.384. The Hall–Kier alpha value is -2.51. The third kappa shape index (κ3) is 3.05. The van der Waals surface area contributed by atoms with Gasteiger partial charge in [0.25, 0.3) is 5.69 Å². The fourth-order valence-electron chi connectivity index (χ4n) is 2.35. The van der Waals surface area contributed by atoms with E-state index in [2.05, 4.69) is 24.3 Å². The second-order valence-electron chi connectivity index (χ2n) is 4.78. The summed E-state index contributed by atoms with van der Waals surface area (Å²) in [7, 11) is -0.791. The molecule has 4 heteroatoms. The van der Waals surface area contributed by atoms with Gasteiger partial charge in [0.05, 0.1) is 4.92 Å². The molecule has 0 aromatic heterocycles. The Balaban J connectivity index is 2.14. The maximum Gasteiger partial charge on any atom is 0.270 e. The van der Waals surface area contributed by atoms with Crippen molar-refractivity contribution < 1.29 is 4.92 Å². The van der Waals surface area contributed by atoms with E-state index in [9.17, 15) is 10.1 Å². The summed E-state index contributed by atoms with van der Waals surface area (Å²) in [5.41, 5.74) is 0.136. The van der Waals surface area contributed by atoms with Crippen molar-refractivity contribution >= 4 is 29.5 Å². The number of nitro benzene ring substituents is 1. The number of nitro groups is 1. The van der Waals surface area contributed by atoms with Crippen LogP contribution in [0.5, 0.6) is 0 Å². The van der Waals surface area contributed by atoms with Gasteiger partial charge < -0.3 is 0 Å². The first-order chi connectivity index (χ1) is 10.8. The van der Waals surface area contributed by atoms with Crippen LogP contribution in [0.4, 0.5) is 5.69 Å². The largest absolute Gasteiger partial charge is 0.270 e. The molecule has 0 heterocycles. The van der Waals surface area contributed by atoms with Gasteiger partial charge in [-0.15, -0.1) is 0 Å². The van der Waals surface area contributed by atoms with Crippen molar-refractivity contribution in [1.29, 1.82) is 0 Å². The van der Waals surface area contributed by atoms with Crippen molar-refractivity contribution in [3.63, 3.8) is 0 Å². The standard InChI is InChI=1S/C18H14NO2P/c20-19(21)15-8-7-13-18(14-15)22(16-9-3-1-4-10-16)17-11-5-2-6-12-17/h1-14H. The van der Waals surface area contributed by atoms with Gasteiger partial charge in [-0.25, -0.2) is 0 Å². The molecule has 0 unspecified atom stereocenters. The van der Waals surface area contributed by atoms with Crippen LogP contribution in [-0.2, 0) is 0 Å². The molecular formula is C18H14NO2P. The summed E-state index contributed by atoms with van der Waals surface area (Å²) >= 11 is 0. The Morgan fingerprint density at radius 2 is 1.18 bits per heavy atom. The zero-order valence-electron chi connectivity index (χ0n) is 11.8. The Morgan fingerprint density at radius 3 is 1.68 bits per heavy atom.